The summed E-state index contributed by atoms with van der Waals surface area (Å²) in [4.78, 5) is 29.5. The average Bonchev–Trinajstić information content (AvgIpc) is 3.10. The van der Waals surface area contributed by atoms with E-state index in [4.69, 9.17) is 16.3 Å². The molecule has 0 fully saturated rings. The fourth-order valence-corrected chi connectivity index (χ4v) is 4.00. The van der Waals surface area contributed by atoms with Gasteiger partial charge >= 0.3 is 5.97 Å². The third-order valence-electron chi connectivity index (χ3n) is 3.59. The lowest BCUT2D eigenvalue weighted by atomic mass is 10.2. The Labute approximate surface area is 176 Å². The lowest BCUT2D eigenvalue weighted by molar-refractivity contribution is -0.119. The molecule has 1 heterocycles. The van der Waals surface area contributed by atoms with Crippen LogP contribution in [0.25, 0.3) is 0 Å². The molecular weight excluding hydrogens is 416 g/mol. The molecule has 144 valence electrons. The summed E-state index contributed by atoms with van der Waals surface area (Å²) < 4.78 is 5.06. The Morgan fingerprint density at radius 3 is 2.68 bits per heavy atom. The molecule has 1 N–H and O–H groups in total. The summed E-state index contributed by atoms with van der Waals surface area (Å²) in [6.45, 7) is 1.61. The van der Waals surface area contributed by atoms with E-state index in [0.29, 0.717) is 16.3 Å². The molecule has 0 spiro atoms. The van der Waals surface area contributed by atoms with Crippen LogP contribution in [0.15, 0.2) is 58.8 Å². The van der Waals surface area contributed by atoms with Crippen molar-refractivity contribution in [2.75, 3.05) is 11.9 Å². The highest BCUT2D eigenvalue weighted by molar-refractivity contribution is 7.98. The van der Waals surface area contributed by atoms with Crippen LogP contribution in [0.2, 0.25) is 5.02 Å². The van der Waals surface area contributed by atoms with Crippen LogP contribution >= 0.6 is 34.7 Å². The number of anilines is 1. The van der Waals surface area contributed by atoms with Crippen molar-refractivity contribution in [1.29, 1.82) is 0 Å². The van der Waals surface area contributed by atoms with Crippen LogP contribution in [0.1, 0.15) is 21.1 Å². The minimum absolute atomic E-state index is 0.370. The van der Waals surface area contributed by atoms with E-state index in [0.717, 1.165) is 21.3 Å². The minimum atomic E-state index is -0.548. The van der Waals surface area contributed by atoms with E-state index in [-0.39, 0.29) is 6.61 Å². The number of thiazole rings is 1. The summed E-state index contributed by atoms with van der Waals surface area (Å²) in [5, 5.41) is 6.23. The van der Waals surface area contributed by atoms with Crippen molar-refractivity contribution < 1.29 is 14.3 Å². The van der Waals surface area contributed by atoms with E-state index in [2.05, 4.69) is 10.3 Å². The predicted molar refractivity (Wildman–Crippen MR) is 113 cm³/mol. The molecule has 8 heteroatoms. The van der Waals surface area contributed by atoms with E-state index in [1.165, 1.54) is 0 Å². The Bertz CT molecular complexity index is 974. The zero-order valence-electron chi connectivity index (χ0n) is 15.0. The molecule has 3 aromatic rings. The second-order valence-corrected chi connectivity index (χ2v) is 8.35. The molecule has 1 amide bonds. The summed E-state index contributed by atoms with van der Waals surface area (Å²) >= 11 is 9.14. The number of amides is 1. The number of nitrogens with one attached hydrogen (secondary N) is 1. The lowest BCUT2D eigenvalue weighted by Crippen LogP contribution is -2.20. The van der Waals surface area contributed by atoms with Gasteiger partial charge in [0.2, 0.25) is 0 Å². The highest BCUT2D eigenvalue weighted by atomic mass is 35.5. The molecule has 28 heavy (non-hydrogen) atoms. The first-order chi connectivity index (χ1) is 13.5. The molecular formula is C20H17ClN2O3S2. The van der Waals surface area contributed by atoms with Gasteiger partial charge in [-0.1, -0.05) is 17.7 Å². The Kier molecular flexibility index (Phi) is 7.08. The highest BCUT2D eigenvalue weighted by Gasteiger charge is 2.11. The molecule has 1 aromatic heterocycles. The lowest BCUT2D eigenvalue weighted by Gasteiger charge is -2.07. The maximum absolute atomic E-state index is 12.1. The van der Waals surface area contributed by atoms with E-state index >= 15 is 0 Å². The molecule has 0 bridgehead atoms. The van der Waals surface area contributed by atoms with Crippen LogP contribution in [0.3, 0.4) is 0 Å². The standard InChI is InChI=1S/C20H17ClN2O3S2/c1-13-22-17(11-27-13)12-28-18-7-5-14(6-8-18)20(25)26-10-19(24)23-16-4-2-3-15(21)9-16/h2-9,11H,10,12H2,1H3,(H,23,24). The highest BCUT2D eigenvalue weighted by Crippen LogP contribution is 2.24. The summed E-state index contributed by atoms with van der Waals surface area (Å²) in [6.07, 6.45) is 0. The van der Waals surface area contributed by atoms with Gasteiger partial charge in [0.15, 0.2) is 6.61 Å². The number of benzene rings is 2. The van der Waals surface area contributed by atoms with Crippen molar-refractivity contribution >= 4 is 52.3 Å². The monoisotopic (exact) mass is 432 g/mol. The summed E-state index contributed by atoms with van der Waals surface area (Å²) in [7, 11) is 0. The molecule has 0 saturated carbocycles. The number of halogens is 1. The Morgan fingerprint density at radius 1 is 1.21 bits per heavy atom. The number of hydrogen-bond donors (Lipinski definition) is 1. The van der Waals surface area contributed by atoms with Crippen LogP contribution in [0.5, 0.6) is 0 Å². The molecule has 0 aliphatic carbocycles. The average molecular weight is 433 g/mol. The summed E-state index contributed by atoms with van der Waals surface area (Å²) in [5.74, 6) is -0.202. The normalized spacial score (nSPS) is 10.5. The van der Waals surface area contributed by atoms with E-state index < -0.39 is 11.9 Å². The van der Waals surface area contributed by atoms with Crippen molar-refractivity contribution in [3.63, 3.8) is 0 Å². The van der Waals surface area contributed by atoms with E-state index in [1.54, 1.807) is 59.5 Å². The topological polar surface area (TPSA) is 68.3 Å². The smallest absolute Gasteiger partial charge is 0.338 e. The van der Waals surface area contributed by atoms with Gasteiger partial charge in [-0.25, -0.2) is 9.78 Å². The summed E-state index contributed by atoms with van der Waals surface area (Å²) in [5.41, 5.74) is 1.98. The zero-order chi connectivity index (χ0) is 19.9. The molecule has 2 aromatic carbocycles. The van der Waals surface area contributed by atoms with Crippen molar-refractivity contribution in [3.05, 3.63) is 75.2 Å². The number of rotatable bonds is 7. The van der Waals surface area contributed by atoms with Gasteiger partial charge in [0, 0.05) is 26.7 Å². The molecule has 0 atom stereocenters. The molecule has 0 saturated heterocycles. The second kappa shape index (κ2) is 9.73. The number of carbonyl (C=O) groups is 2. The fraction of sp³-hybridized carbons (Fsp3) is 0.150. The number of aromatic nitrogens is 1. The van der Waals surface area contributed by atoms with Gasteiger partial charge in [0.05, 0.1) is 16.3 Å². The molecule has 0 radical (unpaired) electrons. The second-order valence-electron chi connectivity index (χ2n) is 5.81. The van der Waals surface area contributed by atoms with Crippen molar-refractivity contribution in [2.45, 2.75) is 17.6 Å². The van der Waals surface area contributed by atoms with Crippen LogP contribution in [0.4, 0.5) is 5.69 Å². The van der Waals surface area contributed by atoms with Gasteiger partial charge in [-0.2, -0.15) is 0 Å². The number of aryl methyl sites for hydroxylation is 1. The van der Waals surface area contributed by atoms with Gasteiger partial charge in [-0.3, -0.25) is 4.79 Å². The Balaban J connectivity index is 1.46. The quantitative estimate of drug-likeness (QED) is 0.411. The van der Waals surface area contributed by atoms with Gasteiger partial charge in [0.25, 0.3) is 5.91 Å². The maximum Gasteiger partial charge on any atom is 0.338 e. The van der Waals surface area contributed by atoms with E-state index in [9.17, 15) is 9.59 Å². The molecule has 3 rings (SSSR count). The first-order valence-corrected chi connectivity index (χ1v) is 10.6. The number of carbonyl (C=O) groups excluding carboxylic acids is 2. The van der Waals surface area contributed by atoms with Crippen LogP contribution in [0, 0.1) is 6.92 Å². The molecule has 5 nitrogen and oxygen atoms in total. The van der Waals surface area contributed by atoms with E-state index in [1.807, 2.05) is 24.4 Å². The molecule has 0 aliphatic rings. The number of hydrogen-bond acceptors (Lipinski definition) is 6. The van der Waals surface area contributed by atoms with Crippen molar-refractivity contribution in [1.82, 2.24) is 4.98 Å². The van der Waals surface area contributed by atoms with Gasteiger partial charge in [-0.05, 0) is 49.4 Å². The minimum Gasteiger partial charge on any atom is -0.452 e. The maximum atomic E-state index is 12.1. The summed E-state index contributed by atoms with van der Waals surface area (Å²) in [6, 6.07) is 13.8. The number of ether oxygens (including phenoxy) is 1. The number of esters is 1. The SMILES string of the molecule is Cc1nc(CSc2ccc(C(=O)OCC(=O)Nc3cccc(Cl)c3)cc2)cs1. The third-order valence-corrected chi connectivity index (χ3v) is 5.69. The number of nitrogens with zero attached hydrogens (tertiary/aromatic N) is 1. The Morgan fingerprint density at radius 2 is 2.00 bits per heavy atom. The van der Waals surface area contributed by atoms with Gasteiger partial charge in [0.1, 0.15) is 0 Å². The Hall–Kier alpha value is -2.35. The largest absolute Gasteiger partial charge is 0.452 e. The van der Waals surface area contributed by atoms with Crippen molar-refractivity contribution in [2.24, 2.45) is 0 Å². The molecule has 0 unspecified atom stereocenters. The molecule has 0 aliphatic heterocycles. The first-order valence-electron chi connectivity index (χ1n) is 8.36. The predicted octanol–water partition coefficient (Wildman–Crippen LogP) is 5.19. The fourth-order valence-electron chi connectivity index (χ4n) is 2.30. The van der Waals surface area contributed by atoms with Gasteiger partial charge in [-0.15, -0.1) is 23.1 Å². The van der Waals surface area contributed by atoms with Crippen molar-refractivity contribution in [3.8, 4) is 0 Å². The van der Waals surface area contributed by atoms with Crippen LogP contribution in [-0.4, -0.2) is 23.5 Å². The van der Waals surface area contributed by atoms with Gasteiger partial charge < -0.3 is 10.1 Å². The zero-order valence-corrected chi connectivity index (χ0v) is 17.4. The van der Waals surface area contributed by atoms with Crippen LogP contribution in [-0.2, 0) is 15.3 Å². The third kappa shape index (κ3) is 6.09. The number of thioether (sulfide) groups is 1. The first kappa shape index (κ1) is 20.4. The van der Waals surface area contributed by atoms with Crippen LogP contribution < -0.4 is 5.32 Å².